The van der Waals surface area contributed by atoms with E-state index in [1.54, 1.807) is 45.0 Å². The number of nitrogens with zero attached hydrogens (tertiary/aromatic N) is 2. The molecule has 1 saturated carbocycles. The number of aliphatic imine (C=N–C) groups is 1. The van der Waals surface area contributed by atoms with E-state index in [2.05, 4.69) is 4.99 Å². The number of amidine groups is 1. The van der Waals surface area contributed by atoms with Gasteiger partial charge in [0.15, 0.2) is 5.78 Å². The van der Waals surface area contributed by atoms with Crippen molar-refractivity contribution in [2.45, 2.75) is 97.4 Å². The van der Waals surface area contributed by atoms with Gasteiger partial charge in [-0.3, -0.25) is 9.69 Å². The number of hydrogen-bond acceptors (Lipinski definition) is 6. The number of ketones is 1. The molecule has 0 unspecified atom stereocenters. The molecule has 2 aromatic rings. The van der Waals surface area contributed by atoms with Gasteiger partial charge >= 0.3 is 12.1 Å². The highest BCUT2D eigenvalue weighted by molar-refractivity contribution is 6.09. The lowest BCUT2D eigenvalue weighted by Gasteiger charge is -2.33. The number of rotatable bonds is 11. The molecular weight excluding hydrogens is 525 g/mol. The summed E-state index contributed by atoms with van der Waals surface area (Å²) in [5.41, 5.74) is 6.91. The zero-order valence-corrected chi connectivity index (χ0v) is 24.7. The zero-order valence-electron chi connectivity index (χ0n) is 24.7. The molecule has 1 atom stereocenters. The largest absolute Gasteiger partial charge is 0.461 e. The molecule has 0 heterocycles. The first kappa shape index (κ1) is 31.8. The van der Waals surface area contributed by atoms with Crippen molar-refractivity contribution in [3.63, 3.8) is 0 Å². The van der Waals surface area contributed by atoms with Crippen LogP contribution in [0.2, 0.25) is 0 Å². The molecule has 2 N–H and O–H groups in total. The van der Waals surface area contributed by atoms with Crippen LogP contribution in [0.4, 0.5) is 14.9 Å². The summed E-state index contributed by atoms with van der Waals surface area (Å²) in [4.78, 5) is 45.0. The zero-order chi connectivity index (χ0) is 30.2. The Balaban J connectivity index is 1.77. The molecule has 0 aromatic heterocycles. The van der Waals surface area contributed by atoms with E-state index in [1.165, 1.54) is 29.2 Å². The second-order valence-electron chi connectivity index (χ2n) is 12.0. The van der Waals surface area contributed by atoms with E-state index in [9.17, 15) is 18.8 Å². The Hall–Kier alpha value is -3.75. The van der Waals surface area contributed by atoms with E-state index in [1.807, 2.05) is 13.8 Å². The van der Waals surface area contributed by atoms with Crippen LogP contribution in [0, 0.1) is 11.7 Å². The smallest absolute Gasteiger partial charge is 0.411 e. The molecule has 0 aliphatic heterocycles. The summed E-state index contributed by atoms with van der Waals surface area (Å²) < 4.78 is 24.7. The van der Waals surface area contributed by atoms with Crippen molar-refractivity contribution in [2.24, 2.45) is 16.6 Å². The minimum Gasteiger partial charge on any atom is -0.461 e. The highest BCUT2D eigenvalue weighted by Crippen LogP contribution is 2.26. The molecule has 0 spiro atoms. The molecule has 1 aliphatic carbocycles. The number of benzene rings is 2. The molecule has 41 heavy (non-hydrogen) atoms. The number of halogens is 1. The Morgan fingerprint density at radius 2 is 1.63 bits per heavy atom. The van der Waals surface area contributed by atoms with E-state index >= 15 is 0 Å². The average molecular weight is 568 g/mol. The fourth-order valence-electron chi connectivity index (χ4n) is 4.65. The van der Waals surface area contributed by atoms with Crippen molar-refractivity contribution in [1.29, 1.82) is 0 Å². The summed E-state index contributed by atoms with van der Waals surface area (Å²) >= 11 is 0. The Labute approximate surface area is 242 Å². The lowest BCUT2D eigenvalue weighted by Crippen LogP contribution is -2.48. The Morgan fingerprint density at radius 3 is 2.20 bits per heavy atom. The van der Waals surface area contributed by atoms with Crippen molar-refractivity contribution in [1.82, 2.24) is 4.90 Å². The van der Waals surface area contributed by atoms with Gasteiger partial charge in [0.25, 0.3) is 0 Å². The Bertz CT molecular complexity index is 1210. The van der Waals surface area contributed by atoms with Crippen molar-refractivity contribution >= 4 is 29.4 Å². The third kappa shape index (κ3) is 10.3. The third-order valence-electron chi connectivity index (χ3n) is 6.63. The van der Waals surface area contributed by atoms with Crippen LogP contribution in [-0.4, -0.2) is 46.3 Å². The first-order valence-electron chi connectivity index (χ1n) is 14.2. The molecule has 2 aromatic carbocycles. The summed E-state index contributed by atoms with van der Waals surface area (Å²) in [5, 5.41) is 0. The van der Waals surface area contributed by atoms with E-state index in [-0.39, 0.29) is 36.6 Å². The minimum atomic E-state index is -0.795. The topological polar surface area (TPSA) is 111 Å². The van der Waals surface area contributed by atoms with E-state index in [0.29, 0.717) is 17.7 Å². The van der Waals surface area contributed by atoms with Gasteiger partial charge in [0.2, 0.25) is 0 Å². The van der Waals surface area contributed by atoms with Crippen LogP contribution in [0.15, 0.2) is 53.5 Å². The number of carbonyl (C=O) groups is 3. The number of Topliss-reactive ketones (excluding diaryl/α,β-unsaturated/α-hetero) is 1. The highest BCUT2D eigenvalue weighted by Gasteiger charge is 2.36. The van der Waals surface area contributed by atoms with Crippen LogP contribution in [0.3, 0.4) is 0 Å². The van der Waals surface area contributed by atoms with Crippen LogP contribution < -0.4 is 5.73 Å². The lowest BCUT2D eigenvalue weighted by molar-refractivity contribution is -0.156. The molecular formula is C32H42FN3O5. The first-order valence-corrected chi connectivity index (χ1v) is 14.2. The van der Waals surface area contributed by atoms with Crippen LogP contribution in [-0.2, 0) is 20.8 Å². The van der Waals surface area contributed by atoms with Crippen molar-refractivity contribution in [2.75, 3.05) is 0 Å². The second kappa shape index (κ2) is 14.2. The number of nitrogens with two attached hydrogens (primary N) is 1. The van der Waals surface area contributed by atoms with Gasteiger partial charge in [-0.25, -0.2) is 19.0 Å². The van der Waals surface area contributed by atoms with Crippen molar-refractivity contribution in [3.8, 4) is 0 Å². The van der Waals surface area contributed by atoms with Crippen LogP contribution in [0.1, 0.15) is 89.1 Å². The highest BCUT2D eigenvalue weighted by atomic mass is 19.1. The minimum absolute atomic E-state index is 0.111. The molecule has 8 nitrogen and oxygen atoms in total. The van der Waals surface area contributed by atoms with Gasteiger partial charge in [-0.1, -0.05) is 26.0 Å². The van der Waals surface area contributed by atoms with Gasteiger partial charge in [-0.15, -0.1) is 0 Å². The predicted molar refractivity (Wildman–Crippen MR) is 156 cm³/mol. The number of carbonyl (C=O) groups excluding carboxylic acids is 3. The maximum absolute atomic E-state index is 13.4. The SMILES string of the molecule is CC(C)C[C@@H](C(=O)OC1CCCC1)N(Cc1ccc(N=C(N)CC(=O)c2ccc(F)cc2)cc1)C(=O)OC(C)(C)C. The summed E-state index contributed by atoms with van der Waals surface area (Å²) in [7, 11) is 0. The van der Waals surface area contributed by atoms with E-state index < -0.39 is 29.5 Å². The maximum atomic E-state index is 13.4. The summed E-state index contributed by atoms with van der Waals surface area (Å²) in [5.74, 6) is -0.838. The second-order valence-corrected chi connectivity index (χ2v) is 12.0. The number of esters is 1. The van der Waals surface area contributed by atoms with Crippen LogP contribution in [0.25, 0.3) is 0 Å². The van der Waals surface area contributed by atoms with Crippen LogP contribution >= 0.6 is 0 Å². The first-order chi connectivity index (χ1) is 19.3. The number of ether oxygens (including phenoxy) is 2. The molecule has 9 heteroatoms. The maximum Gasteiger partial charge on any atom is 0.411 e. The average Bonchev–Trinajstić information content (AvgIpc) is 3.39. The Morgan fingerprint density at radius 1 is 1.02 bits per heavy atom. The summed E-state index contributed by atoms with van der Waals surface area (Å²) in [6.45, 7) is 9.50. The van der Waals surface area contributed by atoms with E-state index in [0.717, 1.165) is 31.2 Å². The standard InChI is InChI=1S/C32H42FN3O5/c1-21(2)18-27(30(38)40-26-8-6-7-9-26)36(31(39)41-32(3,4)5)20-22-10-16-25(17-11-22)35-29(34)19-28(37)23-12-14-24(33)15-13-23/h10-17,21,26-27H,6-9,18-20H2,1-5H3,(H2,34,35)/t27-/m0/s1. The number of hydrogen-bond donors (Lipinski definition) is 1. The Kier molecular flexibility index (Phi) is 11.0. The molecule has 3 rings (SSSR count). The third-order valence-corrected chi connectivity index (χ3v) is 6.63. The molecule has 1 fully saturated rings. The van der Waals surface area contributed by atoms with Crippen LogP contribution in [0.5, 0.6) is 0 Å². The fraction of sp³-hybridized carbons (Fsp3) is 0.500. The van der Waals surface area contributed by atoms with Crippen molar-refractivity contribution in [3.05, 3.63) is 65.5 Å². The quantitative estimate of drug-likeness (QED) is 0.140. The molecule has 0 saturated heterocycles. The van der Waals surface area contributed by atoms with Gasteiger partial charge in [0.1, 0.15) is 29.4 Å². The number of amides is 1. The molecule has 1 aliphatic rings. The van der Waals surface area contributed by atoms with Gasteiger partial charge in [0, 0.05) is 12.1 Å². The molecule has 0 radical (unpaired) electrons. The summed E-state index contributed by atoms with van der Waals surface area (Å²) in [6.07, 6.45) is 3.36. The van der Waals surface area contributed by atoms with Gasteiger partial charge in [-0.2, -0.15) is 0 Å². The van der Waals surface area contributed by atoms with Crippen molar-refractivity contribution < 1.29 is 28.2 Å². The van der Waals surface area contributed by atoms with Gasteiger partial charge < -0.3 is 15.2 Å². The summed E-state index contributed by atoms with van der Waals surface area (Å²) in [6, 6.07) is 11.5. The normalized spacial score (nSPS) is 15.0. The lowest BCUT2D eigenvalue weighted by atomic mass is 10.0. The fourth-order valence-corrected chi connectivity index (χ4v) is 4.65. The van der Waals surface area contributed by atoms with Gasteiger partial charge in [-0.05, 0) is 101 Å². The molecule has 1 amide bonds. The molecule has 222 valence electrons. The molecule has 0 bridgehead atoms. The van der Waals surface area contributed by atoms with E-state index in [4.69, 9.17) is 15.2 Å². The van der Waals surface area contributed by atoms with Gasteiger partial charge in [0.05, 0.1) is 12.1 Å². The monoisotopic (exact) mass is 567 g/mol. The predicted octanol–water partition coefficient (Wildman–Crippen LogP) is 6.73.